The minimum atomic E-state index is -0.0164. The molecule has 0 aliphatic carbocycles. The first-order valence-corrected chi connectivity index (χ1v) is 7.44. The van der Waals surface area contributed by atoms with E-state index >= 15 is 0 Å². The Kier molecular flexibility index (Phi) is 4.77. The first kappa shape index (κ1) is 14.3. The van der Waals surface area contributed by atoms with Gasteiger partial charge >= 0.3 is 0 Å². The second-order valence-electron chi connectivity index (χ2n) is 4.28. The molecule has 1 N–H and O–H groups in total. The Morgan fingerprint density at radius 1 is 1.16 bits per heavy atom. The predicted octanol–water partition coefficient (Wildman–Crippen LogP) is 4.70. The van der Waals surface area contributed by atoms with Gasteiger partial charge in [-0.05, 0) is 42.3 Å². The van der Waals surface area contributed by atoms with Gasteiger partial charge in [-0.2, -0.15) is 0 Å². The van der Waals surface area contributed by atoms with Crippen LogP contribution >= 0.6 is 31.9 Å². The van der Waals surface area contributed by atoms with Crippen LogP contribution in [0, 0.1) is 6.92 Å². The van der Waals surface area contributed by atoms with E-state index in [2.05, 4.69) is 37.2 Å². The van der Waals surface area contributed by atoms with E-state index in [1.165, 1.54) is 0 Å². The Balaban J connectivity index is 2.08. The molecule has 2 rings (SSSR count). The minimum Gasteiger partial charge on any atom is -0.326 e. The number of halogens is 2. The zero-order valence-electron chi connectivity index (χ0n) is 10.4. The summed E-state index contributed by atoms with van der Waals surface area (Å²) in [6.07, 6.45) is 0.358. The first-order chi connectivity index (χ1) is 9.06. The van der Waals surface area contributed by atoms with Gasteiger partial charge in [0.1, 0.15) is 0 Å². The van der Waals surface area contributed by atoms with E-state index in [0.29, 0.717) is 6.42 Å². The normalized spacial score (nSPS) is 10.3. The summed E-state index contributed by atoms with van der Waals surface area (Å²) in [6.45, 7) is 1.97. The summed E-state index contributed by atoms with van der Waals surface area (Å²) >= 11 is 6.85. The smallest absolute Gasteiger partial charge is 0.228 e. The number of hydrogen-bond donors (Lipinski definition) is 1. The Morgan fingerprint density at radius 2 is 1.89 bits per heavy atom. The molecule has 1 amide bonds. The van der Waals surface area contributed by atoms with Crippen molar-refractivity contribution in [1.29, 1.82) is 0 Å². The second-order valence-corrected chi connectivity index (χ2v) is 6.05. The highest BCUT2D eigenvalue weighted by Crippen LogP contribution is 2.21. The summed E-state index contributed by atoms with van der Waals surface area (Å²) in [7, 11) is 0. The Hall–Kier alpha value is -1.13. The minimum absolute atomic E-state index is 0.0164. The molecule has 0 atom stereocenters. The third-order valence-corrected chi connectivity index (χ3v) is 4.04. The van der Waals surface area contributed by atoms with Gasteiger partial charge in [-0.1, -0.05) is 50.1 Å². The largest absolute Gasteiger partial charge is 0.326 e. The average Bonchev–Trinajstić information content (AvgIpc) is 2.36. The maximum atomic E-state index is 12.0. The molecule has 0 radical (unpaired) electrons. The number of carbonyl (C=O) groups excluding carboxylic acids is 1. The van der Waals surface area contributed by atoms with Crippen molar-refractivity contribution in [3.63, 3.8) is 0 Å². The number of amides is 1. The van der Waals surface area contributed by atoms with Crippen LogP contribution in [0.4, 0.5) is 5.69 Å². The lowest BCUT2D eigenvalue weighted by Crippen LogP contribution is -2.15. The van der Waals surface area contributed by atoms with Crippen molar-refractivity contribution in [1.82, 2.24) is 0 Å². The Labute approximate surface area is 129 Å². The van der Waals surface area contributed by atoms with Crippen molar-refractivity contribution < 1.29 is 4.79 Å². The molecule has 0 saturated carbocycles. The van der Waals surface area contributed by atoms with Gasteiger partial charge in [0.2, 0.25) is 5.91 Å². The fourth-order valence-corrected chi connectivity index (χ4v) is 2.68. The summed E-state index contributed by atoms with van der Waals surface area (Å²) in [5.41, 5.74) is 2.87. The predicted molar refractivity (Wildman–Crippen MR) is 85.4 cm³/mol. The lowest BCUT2D eigenvalue weighted by molar-refractivity contribution is -0.115. The maximum absolute atomic E-state index is 12.0. The summed E-state index contributed by atoms with van der Waals surface area (Å²) in [5, 5.41) is 2.93. The lowest BCUT2D eigenvalue weighted by Gasteiger charge is -2.09. The highest BCUT2D eigenvalue weighted by Gasteiger charge is 2.08. The number of aryl methyl sites for hydroxylation is 1. The quantitative estimate of drug-likeness (QED) is 0.818. The highest BCUT2D eigenvalue weighted by molar-refractivity contribution is 9.10. The van der Waals surface area contributed by atoms with Gasteiger partial charge in [-0.25, -0.2) is 0 Å². The van der Waals surface area contributed by atoms with E-state index in [4.69, 9.17) is 0 Å². The van der Waals surface area contributed by atoms with Crippen molar-refractivity contribution >= 4 is 43.5 Å². The van der Waals surface area contributed by atoms with Gasteiger partial charge in [-0.15, -0.1) is 0 Å². The molecule has 0 aliphatic rings. The number of rotatable bonds is 3. The molecule has 0 heterocycles. The van der Waals surface area contributed by atoms with Crippen molar-refractivity contribution in [2.75, 3.05) is 5.32 Å². The van der Waals surface area contributed by atoms with Crippen LogP contribution < -0.4 is 5.32 Å². The van der Waals surface area contributed by atoms with E-state index in [1.54, 1.807) is 0 Å². The fourth-order valence-electron chi connectivity index (χ4n) is 1.78. The lowest BCUT2D eigenvalue weighted by atomic mass is 10.1. The SMILES string of the molecule is Cc1cc(Br)ccc1NC(=O)Cc1ccccc1Br. The molecule has 0 aliphatic heterocycles. The van der Waals surface area contributed by atoms with Crippen molar-refractivity contribution in [2.24, 2.45) is 0 Å². The molecule has 2 nitrogen and oxygen atoms in total. The maximum Gasteiger partial charge on any atom is 0.228 e. The molecule has 4 heteroatoms. The van der Waals surface area contributed by atoms with E-state index in [-0.39, 0.29) is 5.91 Å². The van der Waals surface area contributed by atoms with Gasteiger partial charge in [-0.3, -0.25) is 4.79 Å². The molecule has 0 unspecified atom stereocenters. The van der Waals surface area contributed by atoms with E-state index in [1.807, 2.05) is 49.4 Å². The fraction of sp³-hybridized carbons (Fsp3) is 0.133. The molecule has 19 heavy (non-hydrogen) atoms. The average molecular weight is 383 g/mol. The standard InChI is InChI=1S/C15H13Br2NO/c1-10-8-12(16)6-7-14(10)18-15(19)9-11-4-2-3-5-13(11)17/h2-8H,9H2,1H3,(H,18,19). The molecule has 0 fully saturated rings. The van der Waals surface area contributed by atoms with Crippen molar-refractivity contribution in [3.05, 3.63) is 62.5 Å². The summed E-state index contributed by atoms with van der Waals surface area (Å²) < 4.78 is 1.96. The van der Waals surface area contributed by atoms with Crippen LogP contribution in [0.2, 0.25) is 0 Å². The Bertz CT molecular complexity index is 611. The van der Waals surface area contributed by atoms with Gasteiger partial charge < -0.3 is 5.32 Å². The molecule has 98 valence electrons. The van der Waals surface area contributed by atoms with Crippen molar-refractivity contribution in [3.8, 4) is 0 Å². The molecule has 0 bridgehead atoms. The zero-order chi connectivity index (χ0) is 13.8. The van der Waals surface area contributed by atoms with E-state index in [0.717, 1.165) is 25.8 Å². The van der Waals surface area contributed by atoms with Gasteiger partial charge in [0, 0.05) is 14.6 Å². The number of carbonyl (C=O) groups is 1. The van der Waals surface area contributed by atoms with E-state index < -0.39 is 0 Å². The second kappa shape index (κ2) is 6.35. The highest BCUT2D eigenvalue weighted by atomic mass is 79.9. The van der Waals surface area contributed by atoms with Crippen LogP contribution in [-0.2, 0) is 11.2 Å². The third kappa shape index (κ3) is 3.91. The van der Waals surface area contributed by atoms with Crippen LogP contribution in [-0.4, -0.2) is 5.91 Å². The van der Waals surface area contributed by atoms with Gasteiger partial charge in [0.25, 0.3) is 0 Å². The molecule has 0 saturated heterocycles. The molecular weight excluding hydrogens is 370 g/mol. The molecular formula is C15H13Br2NO. The van der Waals surface area contributed by atoms with Gasteiger partial charge in [0.05, 0.1) is 6.42 Å². The number of nitrogens with one attached hydrogen (secondary N) is 1. The van der Waals surface area contributed by atoms with Crippen LogP contribution in [0.25, 0.3) is 0 Å². The molecule has 0 aromatic heterocycles. The number of benzene rings is 2. The zero-order valence-corrected chi connectivity index (χ0v) is 13.6. The van der Waals surface area contributed by atoms with Crippen molar-refractivity contribution in [2.45, 2.75) is 13.3 Å². The Morgan fingerprint density at radius 3 is 2.58 bits per heavy atom. The number of hydrogen-bond acceptors (Lipinski definition) is 1. The topological polar surface area (TPSA) is 29.1 Å². The van der Waals surface area contributed by atoms with Crippen LogP contribution in [0.5, 0.6) is 0 Å². The molecule has 0 spiro atoms. The summed E-state index contributed by atoms with van der Waals surface area (Å²) in [4.78, 5) is 12.0. The van der Waals surface area contributed by atoms with Crippen LogP contribution in [0.3, 0.4) is 0 Å². The molecule has 2 aromatic rings. The van der Waals surface area contributed by atoms with Crippen LogP contribution in [0.15, 0.2) is 51.4 Å². The summed E-state index contributed by atoms with van der Waals surface area (Å²) in [6, 6.07) is 13.5. The first-order valence-electron chi connectivity index (χ1n) is 5.85. The van der Waals surface area contributed by atoms with E-state index in [9.17, 15) is 4.79 Å². The third-order valence-electron chi connectivity index (χ3n) is 2.77. The van der Waals surface area contributed by atoms with Gasteiger partial charge in [0.15, 0.2) is 0 Å². The monoisotopic (exact) mass is 381 g/mol. The van der Waals surface area contributed by atoms with Crippen LogP contribution in [0.1, 0.15) is 11.1 Å². The summed E-state index contributed by atoms with van der Waals surface area (Å²) in [5.74, 6) is -0.0164. The number of anilines is 1. The molecule has 2 aromatic carbocycles.